The van der Waals surface area contributed by atoms with Gasteiger partial charge in [0.1, 0.15) is 5.75 Å². The summed E-state index contributed by atoms with van der Waals surface area (Å²) in [6, 6.07) is 10.8. The van der Waals surface area contributed by atoms with E-state index >= 15 is 0 Å². The van der Waals surface area contributed by atoms with Crippen LogP contribution in [0.3, 0.4) is 0 Å². The molecule has 3 rings (SSSR count). The fourth-order valence-electron chi connectivity index (χ4n) is 3.04. The van der Waals surface area contributed by atoms with E-state index in [0.717, 1.165) is 30.6 Å². The maximum absolute atomic E-state index is 12.7. The lowest BCUT2D eigenvalue weighted by Gasteiger charge is -2.15. The number of hydrogen-bond donors (Lipinski definition) is 1. The van der Waals surface area contributed by atoms with E-state index in [9.17, 15) is 14.4 Å². The SMILES string of the molecule is CCCCCCOc1cccc(N2C(=O)c3ccc(C(=O)O)cc3C2=O)c1. The largest absolute Gasteiger partial charge is 0.494 e. The van der Waals surface area contributed by atoms with Gasteiger partial charge < -0.3 is 9.84 Å². The van der Waals surface area contributed by atoms with Gasteiger partial charge in [-0.25, -0.2) is 9.69 Å². The van der Waals surface area contributed by atoms with Crippen molar-refractivity contribution >= 4 is 23.5 Å². The van der Waals surface area contributed by atoms with Gasteiger partial charge in [0, 0.05) is 6.07 Å². The van der Waals surface area contributed by atoms with Crippen LogP contribution in [0.4, 0.5) is 5.69 Å². The Kier molecular flexibility index (Phi) is 5.54. The van der Waals surface area contributed by atoms with Crippen molar-refractivity contribution in [3.05, 3.63) is 59.2 Å². The van der Waals surface area contributed by atoms with Crippen LogP contribution >= 0.6 is 0 Å². The van der Waals surface area contributed by atoms with Crippen LogP contribution in [0.1, 0.15) is 63.7 Å². The van der Waals surface area contributed by atoms with Crippen LogP contribution in [0.25, 0.3) is 0 Å². The fourth-order valence-corrected chi connectivity index (χ4v) is 3.04. The number of rotatable bonds is 8. The zero-order chi connectivity index (χ0) is 19.4. The Morgan fingerprint density at radius 2 is 1.78 bits per heavy atom. The molecule has 0 unspecified atom stereocenters. The Bertz CT molecular complexity index is 890. The molecule has 2 amide bonds. The van der Waals surface area contributed by atoms with Crippen molar-refractivity contribution in [2.24, 2.45) is 0 Å². The minimum absolute atomic E-state index is 0.0269. The van der Waals surface area contributed by atoms with Crippen LogP contribution in [0.2, 0.25) is 0 Å². The average molecular weight is 367 g/mol. The molecule has 6 heteroatoms. The number of fused-ring (bicyclic) bond motifs is 1. The van der Waals surface area contributed by atoms with Gasteiger partial charge in [-0.05, 0) is 36.8 Å². The number of carbonyl (C=O) groups is 3. The van der Waals surface area contributed by atoms with E-state index in [1.165, 1.54) is 18.2 Å². The third-order valence-electron chi connectivity index (χ3n) is 4.48. The van der Waals surface area contributed by atoms with Crippen LogP contribution in [0.15, 0.2) is 42.5 Å². The lowest BCUT2D eigenvalue weighted by molar-refractivity contribution is 0.0696. The van der Waals surface area contributed by atoms with Crippen molar-refractivity contribution < 1.29 is 24.2 Å². The molecule has 0 bridgehead atoms. The average Bonchev–Trinajstić information content (AvgIpc) is 2.92. The summed E-state index contributed by atoms with van der Waals surface area (Å²) in [5.41, 5.74) is 0.687. The predicted molar refractivity (Wildman–Crippen MR) is 101 cm³/mol. The molecule has 0 saturated heterocycles. The van der Waals surface area contributed by atoms with Crippen LogP contribution < -0.4 is 9.64 Å². The number of carboxylic acid groups (broad SMARTS) is 1. The maximum atomic E-state index is 12.7. The summed E-state index contributed by atoms with van der Waals surface area (Å²) in [6.07, 6.45) is 4.36. The van der Waals surface area contributed by atoms with Crippen molar-refractivity contribution in [1.29, 1.82) is 0 Å². The number of aromatic carboxylic acids is 1. The van der Waals surface area contributed by atoms with E-state index in [-0.39, 0.29) is 16.7 Å². The number of anilines is 1. The molecule has 0 aromatic heterocycles. The van der Waals surface area contributed by atoms with Gasteiger partial charge in [-0.15, -0.1) is 0 Å². The molecule has 27 heavy (non-hydrogen) atoms. The molecule has 2 aromatic carbocycles. The van der Waals surface area contributed by atoms with E-state index in [1.54, 1.807) is 24.3 Å². The first-order chi connectivity index (χ1) is 13.0. The minimum Gasteiger partial charge on any atom is -0.494 e. The molecule has 1 aliphatic rings. The van der Waals surface area contributed by atoms with Gasteiger partial charge in [-0.3, -0.25) is 9.59 Å². The Balaban J connectivity index is 1.78. The maximum Gasteiger partial charge on any atom is 0.335 e. The highest BCUT2D eigenvalue weighted by molar-refractivity contribution is 6.34. The summed E-state index contributed by atoms with van der Waals surface area (Å²) in [6.45, 7) is 2.72. The smallest absolute Gasteiger partial charge is 0.335 e. The van der Waals surface area contributed by atoms with Crippen LogP contribution in [-0.2, 0) is 0 Å². The molecule has 0 atom stereocenters. The molecule has 140 valence electrons. The van der Waals surface area contributed by atoms with Gasteiger partial charge in [0.05, 0.1) is 29.0 Å². The molecule has 6 nitrogen and oxygen atoms in total. The molecule has 2 aromatic rings. The zero-order valence-electron chi connectivity index (χ0n) is 15.1. The molecular weight excluding hydrogens is 346 g/mol. The number of amides is 2. The molecule has 1 aliphatic heterocycles. The quantitative estimate of drug-likeness (QED) is 0.560. The Morgan fingerprint density at radius 3 is 2.52 bits per heavy atom. The highest BCUT2D eigenvalue weighted by Gasteiger charge is 2.37. The topological polar surface area (TPSA) is 83.9 Å². The van der Waals surface area contributed by atoms with E-state index < -0.39 is 17.8 Å². The number of hydrogen-bond acceptors (Lipinski definition) is 4. The van der Waals surface area contributed by atoms with Gasteiger partial charge in [0.25, 0.3) is 11.8 Å². The summed E-state index contributed by atoms with van der Waals surface area (Å²) in [7, 11) is 0. The summed E-state index contributed by atoms with van der Waals surface area (Å²) in [5.74, 6) is -1.55. The molecule has 1 heterocycles. The number of nitrogens with zero attached hydrogens (tertiary/aromatic N) is 1. The number of benzene rings is 2. The molecule has 0 fully saturated rings. The molecule has 0 saturated carbocycles. The van der Waals surface area contributed by atoms with Crippen LogP contribution in [0.5, 0.6) is 5.75 Å². The van der Waals surface area contributed by atoms with E-state index in [0.29, 0.717) is 18.0 Å². The molecule has 0 radical (unpaired) electrons. The Hall–Kier alpha value is -3.15. The monoisotopic (exact) mass is 367 g/mol. The van der Waals surface area contributed by atoms with Gasteiger partial charge >= 0.3 is 5.97 Å². The normalized spacial score (nSPS) is 13.0. The first-order valence-corrected chi connectivity index (χ1v) is 9.02. The molecular formula is C21H21NO5. The van der Waals surface area contributed by atoms with Gasteiger partial charge in [0.15, 0.2) is 0 Å². The number of carboxylic acids is 1. The number of imide groups is 1. The van der Waals surface area contributed by atoms with Crippen molar-refractivity contribution in [3.63, 3.8) is 0 Å². The second-order valence-corrected chi connectivity index (χ2v) is 6.42. The Morgan fingerprint density at radius 1 is 1.00 bits per heavy atom. The van der Waals surface area contributed by atoms with Crippen molar-refractivity contribution in [1.82, 2.24) is 0 Å². The standard InChI is InChI=1S/C21H21NO5/c1-2-3-4-5-11-27-16-8-6-7-15(13-16)22-19(23)17-10-9-14(21(25)26)12-18(17)20(22)24/h6-10,12-13H,2-5,11H2,1H3,(H,25,26). The molecule has 0 aliphatic carbocycles. The number of unbranched alkanes of at least 4 members (excludes halogenated alkanes) is 3. The van der Waals surface area contributed by atoms with E-state index in [4.69, 9.17) is 9.84 Å². The van der Waals surface area contributed by atoms with Gasteiger partial charge in [0.2, 0.25) is 0 Å². The summed E-state index contributed by atoms with van der Waals surface area (Å²) >= 11 is 0. The summed E-state index contributed by atoms with van der Waals surface area (Å²) in [5, 5.41) is 9.10. The highest BCUT2D eigenvalue weighted by atomic mass is 16.5. The van der Waals surface area contributed by atoms with Gasteiger partial charge in [-0.1, -0.05) is 32.3 Å². The van der Waals surface area contributed by atoms with Crippen molar-refractivity contribution in [3.8, 4) is 5.75 Å². The van der Waals surface area contributed by atoms with Crippen LogP contribution in [-0.4, -0.2) is 29.5 Å². The third kappa shape index (κ3) is 3.84. The number of carbonyl (C=O) groups excluding carboxylic acids is 2. The molecule has 0 spiro atoms. The fraction of sp³-hybridized carbons (Fsp3) is 0.286. The lowest BCUT2D eigenvalue weighted by Crippen LogP contribution is -2.29. The first kappa shape index (κ1) is 18.6. The predicted octanol–water partition coefficient (Wildman–Crippen LogP) is 4.14. The lowest BCUT2D eigenvalue weighted by atomic mass is 10.1. The van der Waals surface area contributed by atoms with Crippen molar-refractivity contribution in [2.45, 2.75) is 32.6 Å². The summed E-state index contributed by atoms with van der Waals surface area (Å²) < 4.78 is 5.72. The van der Waals surface area contributed by atoms with E-state index in [2.05, 4.69) is 6.92 Å². The molecule has 1 N–H and O–H groups in total. The third-order valence-corrected chi connectivity index (χ3v) is 4.48. The summed E-state index contributed by atoms with van der Waals surface area (Å²) in [4.78, 5) is 37.5. The van der Waals surface area contributed by atoms with Gasteiger partial charge in [-0.2, -0.15) is 0 Å². The van der Waals surface area contributed by atoms with Crippen LogP contribution in [0, 0.1) is 0 Å². The second-order valence-electron chi connectivity index (χ2n) is 6.42. The first-order valence-electron chi connectivity index (χ1n) is 9.02. The minimum atomic E-state index is -1.14. The van der Waals surface area contributed by atoms with Crippen molar-refractivity contribution in [2.75, 3.05) is 11.5 Å². The zero-order valence-corrected chi connectivity index (χ0v) is 15.1. The van der Waals surface area contributed by atoms with E-state index in [1.807, 2.05) is 0 Å². The second kappa shape index (κ2) is 8.03. The Labute approximate surface area is 157 Å². The highest BCUT2D eigenvalue weighted by Crippen LogP contribution is 2.31. The number of ether oxygens (including phenoxy) is 1.